The van der Waals surface area contributed by atoms with Crippen molar-refractivity contribution in [2.24, 2.45) is 0 Å². The van der Waals surface area contributed by atoms with Crippen LogP contribution in [0.25, 0.3) is 0 Å². The van der Waals surface area contributed by atoms with Gasteiger partial charge in [0, 0.05) is 15.6 Å². The van der Waals surface area contributed by atoms with Gasteiger partial charge in [0.15, 0.2) is 12.4 Å². The van der Waals surface area contributed by atoms with E-state index in [9.17, 15) is 14.4 Å². The van der Waals surface area contributed by atoms with Crippen LogP contribution in [0.2, 0.25) is 0 Å². The van der Waals surface area contributed by atoms with E-state index in [1.807, 2.05) is 36.4 Å². The third-order valence-corrected chi connectivity index (χ3v) is 4.97. The van der Waals surface area contributed by atoms with Crippen molar-refractivity contribution in [1.82, 2.24) is 5.32 Å². The van der Waals surface area contributed by atoms with Crippen LogP contribution >= 0.6 is 15.9 Å². The zero-order valence-electron chi connectivity index (χ0n) is 16.1. The van der Waals surface area contributed by atoms with E-state index in [1.165, 1.54) is 0 Å². The smallest absolute Gasteiger partial charge is 0.308 e. The first kappa shape index (κ1) is 21.5. The fourth-order valence-electron chi connectivity index (χ4n) is 2.86. The number of ether oxygens (including phenoxy) is 1. The Hall–Kier alpha value is -3.25. The number of carbonyl (C=O) groups is 3. The Morgan fingerprint density at radius 1 is 0.800 bits per heavy atom. The van der Waals surface area contributed by atoms with E-state index in [1.54, 1.807) is 48.5 Å². The molecule has 0 aliphatic heterocycles. The molecule has 0 unspecified atom stereocenters. The van der Waals surface area contributed by atoms with Crippen molar-refractivity contribution in [3.63, 3.8) is 0 Å². The molecule has 0 aliphatic rings. The highest BCUT2D eigenvalue weighted by Gasteiger charge is 2.21. The van der Waals surface area contributed by atoms with Gasteiger partial charge in [-0.05, 0) is 29.8 Å². The Morgan fingerprint density at radius 2 is 1.40 bits per heavy atom. The average Bonchev–Trinajstić information content (AvgIpc) is 2.78. The van der Waals surface area contributed by atoms with Gasteiger partial charge in [0.25, 0.3) is 5.91 Å². The zero-order chi connectivity index (χ0) is 21.3. The van der Waals surface area contributed by atoms with Gasteiger partial charge in [-0.2, -0.15) is 0 Å². The number of ketones is 1. The Labute approximate surface area is 183 Å². The van der Waals surface area contributed by atoms with Crippen molar-refractivity contribution < 1.29 is 19.1 Å². The average molecular weight is 466 g/mol. The molecule has 0 aromatic heterocycles. The molecule has 0 fully saturated rings. The molecule has 1 N–H and O–H groups in total. The number of amides is 1. The van der Waals surface area contributed by atoms with Crippen LogP contribution in [0.1, 0.15) is 38.7 Å². The number of esters is 1. The molecular formula is C24H20BrNO4. The number of halogens is 1. The number of nitrogens with one attached hydrogen (secondary N) is 1. The second-order valence-corrected chi connectivity index (χ2v) is 7.51. The van der Waals surface area contributed by atoms with Crippen molar-refractivity contribution in [3.8, 4) is 0 Å². The van der Waals surface area contributed by atoms with Crippen molar-refractivity contribution in [1.29, 1.82) is 0 Å². The van der Waals surface area contributed by atoms with Crippen molar-refractivity contribution in [3.05, 3.63) is 106 Å². The minimum atomic E-state index is -0.575. The summed E-state index contributed by atoms with van der Waals surface area (Å²) in [7, 11) is 0. The molecule has 0 heterocycles. The molecule has 0 saturated carbocycles. The van der Waals surface area contributed by atoms with E-state index in [4.69, 9.17) is 4.74 Å². The van der Waals surface area contributed by atoms with E-state index >= 15 is 0 Å². The number of hydrogen-bond donors (Lipinski definition) is 1. The first-order chi connectivity index (χ1) is 14.5. The molecule has 3 rings (SSSR count). The molecule has 0 radical (unpaired) electrons. The maximum atomic E-state index is 12.6. The van der Waals surface area contributed by atoms with Crippen molar-refractivity contribution >= 4 is 33.6 Å². The predicted octanol–water partition coefficient (Wildman–Crippen LogP) is 4.74. The van der Waals surface area contributed by atoms with Gasteiger partial charge in [-0.15, -0.1) is 0 Å². The molecule has 1 amide bonds. The van der Waals surface area contributed by atoms with Crippen LogP contribution in [-0.4, -0.2) is 24.3 Å². The summed E-state index contributed by atoms with van der Waals surface area (Å²) < 4.78 is 6.03. The second kappa shape index (κ2) is 10.5. The molecule has 0 bridgehead atoms. The third-order valence-electron chi connectivity index (χ3n) is 4.44. The highest BCUT2D eigenvalue weighted by Crippen LogP contribution is 2.18. The van der Waals surface area contributed by atoms with Gasteiger partial charge < -0.3 is 10.1 Å². The quantitative estimate of drug-likeness (QED) is 0.385. The SMILES string of the molecule is O=C(C[C@H](NC(=O)c1ccccc1)c1ccccc1)OCC(=O)c1ccc(Br)cc1. The number of Topliss-reactive ketones (excluding diaryl/α,β-unsaturated/α-hetero) is 1. The van der Waals surface area contributed by atoms with Gasteiger partial charge in [0.2, 0.25) is 0 Å². The second-order valence-electron chi connectivity index (χ2n) is 6.60. The summed E-state index contributed by atoms with van der Waals surface area (Å²) >= 11 is 3.31. The summed E-state index contributed by atoms with van der Waals surface area (Å²) in [6.07, 6.45) is -0.0871. The number of benzene rings is 3. The Balaban J connectivity index is 1.63. The Morgan fingerprint density at radius 3 is 2.03 bits per heavy atom. The zero-order valence-corrected chi connectivity index (χ0v) is 17.7. The van der Waals surface area contributed by atoms with Gasteiger partial charge in [-0.25, -0.2) is 0 Å². The largest absolute Gasteiger partial charge is 0.457 e. The third kappa shape index (κ3) is 6.12. The minimum absolute atomic E-state index is 0.0871. The van der Waals surface area contributed by atoms with Crippen molar-refractivity contribution in [2.75, 3.05) is 6.61 Å². The van der Waals surface area contributed by atoms with Crippen LogP contribution in [0, 0.1) is 0 Å². The van der Waals surface area contributed by atoms with Crippen molar-refractivity contribution in [2.45, 2.75) is 12.5 Å². The molecule has 30 heavy (non-hydrogen) atoms. The lowest BCUT2D eigenvalue weighted by atomic mass is 10.0. The van der Waals surface area contributed by atoms with Gasteiger partial charge in [-0.1, -0.05) is 76.6 Å². The molecule has 3 aromatic rings. The van der Waals surface area contributed by atoms with E-state index in [0.717, 1.165) is 10.0 Å². The summed E-state index contributed by atoms with van der Waals surface area (Å²) in [6, 6.07) is 24.2. The number of hydrogen-bond acceptors (Lipinski definition) is 4. The van der Waals surface area contributed by atoms with Crippen LogP contribution < -0.4 is 5.32 Å². The molecule has 0 spiro atoms. The van der Waals surface area contributed by atoms with E-state index in [2.05, 4.69) is 21.2 Å². The monoisotopic (exact) mass is 465 g/mol. The molecule has 152 valence electrons. The lowest BCUT2D eigenvalue weighted by molar-refractivity contribution is -0.143. The maximum Gasteiger partial charge on any atom is 0.308 e. The van der Waals surface area contributed by atoms with Crippen LogP contribution in [0.4, 0.5) is 0 Å². The molecule has 1 atom stereocenters. The Kier molecular flexibility index (Phi) is 7.51. The fraction of sp³-hybridized carbons (Fsp3) is 0.125. The maximum absolute atomic E-state index is 12.6. The van der Waals surface area contributed by atoms with Gasteiger partial charge in [-0.3, -0.25) is 14.4 Å². The van der Waals surface area contributed by atoms with Crippen LogP contribution in [0.3, 0.4) is 0 Å². The van der Waals surface area contributed by atoms with Gasteiger partial charge in [0.1, 0.15) is 0 Å². The summed E-state index contributed by atoms with van der Waals surface area (Å²) in [6.45, 7) is -0.353. The lowest BCUT2D eigenvalue weighted by Crippen LogP contribution is -2.31. The summed E-state index contributed by atoms with van der Waals surface area (Å²) in [5.41, 5.74) is 1.73. The topological polar surface area (TPSA) is 72.5 Å². The van der Waals surface area contributed by atoms with E-state index < -0.39 is 12.0 Å². The van der Waals surface area contributed by atoms with Crippen LogP contribution in [0.5, 0.6) is 0 Å². The number of carbonyl (C=O) groups excluding carboxylic acids is 3. The first-order valence-electron chi connectivity index (χ1n) is 9.38. The molecule has 5 nitrogen and oxygen atoms in total. The predicted molar refractivity (Wildman–Crippen MR) is 117 cm³/mol. The van der Waals surface area contributed by atoms with Gasteiger partial charge >= 0.3 is 5.97 Å². The number of rotatable bonds is 8. The van der Waals surface area contributed by atoms with Gasteiger partial charge in [0.05, 0.1) is 12.5 Å². The van der Waals surface area contributed by atoms with Crippen LogP contribution in [0.15, 0.2) is 89.4 Å². The summed E-state index contributed by atoms with van der Waals surface area (Å²) in [5.74, 6) is -1.15. The molecular weight excluding hydrogens is 446 g/mol. The molecule has 0 saturated heterocycles. The summed E-state index contributed by atoms with van der Waals surface area (Å²) in [5, 5.41) is 2.88. The fourth-order valence-corrected chi connectivity index (χ4v) is 3.12. The van der Waals surface area contributed by atoms with Crippen LogP contribution in [-0.2, 0) is 9.53 Å². The molecule has 6 heteroatoms. The Bertz CT molecular complexity index is 1000. The van der Waals surface area contributed by atoms with E-state index in [0.29, 0.717) is 11.1 Å². The lowest BCUT2D eigenvalue weighted by Gasteiger charge is -2.18. The van der Waals surface area contributed by atoms with E-state index in [-0.39, 0.29) is 24.7 Å². The highest BCUT2D eigenvalue weighted by molar-refractivity contribution is 9.10. The molecule has 0 aliphatic carbocycles. The minimum Gasteiger partial charge on any atom is -0.457 e. The normalized spacial score (nSPS) is 11.4. The highest BCUT2D eigenvalue weighted by atomic mass is 79.9. The standard InChI is InChI=1S/C24H20BrNO4/c25-20-13-11-18(12-14-20)22(27)16-30-23(28)15-21(17-7-3-1-4-8-17)26-24(29)19-9-5-2-6-10-19/h1-14,21H,15-16H2,(H,26,29)/t21-/m0/s1. The summed E-state index contributed by atoms with van der Waals surface area (Å²) in [4.78, 5) is 37.2. The molecule has 3 aromatic carbocycles. The first-order valence-corrected chi connectivity index (χ1v) is 10.2.